The molecule has 1 amide bonds. The summed E-state index contributed by atoms with van der Waals surface area (Å²) in [5, 5.41) is 29.8. The van der Waals surface area contributed by atoms with Gasteiger partial charge in [-0.3, -0.25) is 4.79 Å². The number of amides is 1. The quantitative estimate of drug-likeness (QED) is 0.533. The molecule has 28 heavy (non-hydrogen) atoms. The molecule has 1 aromatic carbocycles. The maximum absolute atomic E-state index is 12.4. The summed E-state index contributed by atoms with van der Waals surface area (Å²) in [4.78, 5) is 16.3. The van der Waals surface area contributed by atoms with Gasteiger partial charge in [0, 0.05) is 11.6 Å². The molecule has 2 N–H and O–H groups in total. The number of benzene rings is 1. The average molecular weight is 393 g/mol. The molecule has 3 aromatic heterocycles. The normalized spacial score (nSPS) is 10.8. The number of nitrogens with one attached hydrogen (secondary N) is 1. The van der Waals surface area contributed by atoms with Crippen molar-refractivity contribution in [3.63, 3.8) is 0 Å². The second kappa shape index (κ2) is 7.53. The zero-order valence-electron chi connectivity index (χ0n) is 14.8. The topological polar surface area (TPSA) is 119 Å². The number of hydrogen-bond donors (Lipinski definition) is 2. The van der Waals surface area contributed by atoms with Crippen molar-refractivity contribution in [2.24, 2.45) is 0 Å². The largest absolute Gasteiger partial charge is 0.493 e. The fourth-order valence-electron chi connectivity index (χ4n) is 2.54. The summed E-state index contributed by atoms with van der Waals surface area (Å²) in [5.74, 6) is -0.446. The Labute approximate surface area is 163 Å². The van der Waals surface area contributed by atoms with E-state index < -0.39 is 0 Å². The number of rotatable bonds is 5. The molecule has 3 heterocycles. The second-order valence-electron chi connectivity index (χ2n) is 5.87. The monoisotopic (exact) mass is 393 g/mol. The summed E-state index contributed by atoms with van der Waals surface area (Å²) >= 11 is 1.42. The lowest BCUT2D eigenvalue weighted by atomic mass is 10.2. The standard InChI is InChI=1S/C18H15N7O2S/c1-11-14(7-8-15(26)20-11)25-10-13(21-24-25)17(27)19-9-16-22-23-18(28-16)12-5-3-2-4-6-12/h2-8,10H,9H2,1H3,(H,19,27)(H,20,26). The van der Waals surface area contributed by atoms with Gasteiger partial charge in [0.1, 0.15) is 10.0 Å². The van der Waals surface area contributed by atoms with E-state index in [1.54, 1.807) is 13.0 Å². The van der Waals surface area contributed by atoms with Gasteiger partial charge < -0.3 is 10.4 Å². The Morgan fingerprint density at radius 1 is 1.14 bits per heavy atom. The minimum absolute atomic E-state index is 0.0775. The number of aromatic nitrogens is 6. The smallest absolute Gasteiger partial charge is 0.273 e. The Morgan fingerprint density at radius 3 is 2.75 bits per heavy atom. The van der Waals surface area contributed by atoms with Crippen molar-refractivity contribution in [1.29, 1.82) is 0 Å². The highest BCUT2D eigenvalue weighted by molar-refractivity contribution is 7.14. The summed E-state index contributed by atoms with van der Waals surface area (Å²) in [6.45, 7) is 1.98. The van der Waals surface area contributed by atoms with Crippen LogP contribution in [-0.2, 0) is 6.54 Å². The van der Waals surface area contributed by atoms with Crippen LogP contribution in [0.15, 0.2) is 48.7 Å². The lowest BCUT2D eigenvalue weighted by Gasteiger charge is -2.03. The van der Waals surface area contributed by atoms with E-state index in [9.17, 15) is 9.90 Å². The van der Waals surface area contributed by atoms with Gasteiger partial charge in [-0.05, 0) is 13.0 Å². The van der Waals surface area contributed by atoms with E-state index in [0.717, 1.165) is 10.6 Å². The molecule has 0 aliphatic rings. The number of pyridine rings is 1. The first kappa shape index (κ1) is 17.7. The number of hydrogen-bond acceptors (Lipinski definition) is 8. The number of carbonyl (C=O) groups is 1. The summed E-state index contributed by atoms with van der Waals surface area (Å²) in [6.07, 6.45) is 1.51. The Kier molecular flexibility index (Phi) is 4.77. The minimum Gasteiger partial charge on any atom is -0.493 e. The molecule has 0 saturated carbocycles. The van der Waals surface area contributed by atoms with Crippen LogP contribution in [0.3, 0.4) is 0 Å². The Bertz CT molecular complexity index is 1120. The lowest BCUT2D eigenvalue weighted by Crippen LogP contribution is -2.23. The molecule has 9 nitrogen and oxygen atoms in total. The molecule has 0 atom stereocenters. The van der Waals surface area contributed by atoms with Gasteiger partial charge in [0.2, 0.25) is 5.88 Å². The third kappa shape index (κ3) is 3.71. The minimum atomic E-state index is -0.368. The van der Waals surface area contributed by atoms with Crippen LogP contribution < -0.4 is 5.32 Å². The summed E-state index contributed by atoms with van der Waals surface area (Å²) in [6, 6.07) is 12.8. The predicted molar refractivity (Wildman–Crippen MR) is 102 cm³/mol. The molecule has 0 saturated heterocycles. The molecule has 0 aliphatic carbocycles. The van der Waals surface area contributed by atoms with Crippen LogP contribution in [0.5, 0.6) is 5.88 Å². The molecule has 0 aliphatic heterocycles. The molecule has 0 radical (unpaired) electrons. The molecule has 4 aromatic rings. The van der Waals surface area contributed by atoms with E-state index in [1.807, 2.05) is 30.3 Å². The van der Waals surface area contributed by atoms with E-state index in [0.29, 0.717) is 16.4 Å². The van der Waals surface area contributed by atoms with Crippen molar-refractivity contribution in [2.45, 2.75) is 13.5 Å². The fraction of sp³-hybridized carbons (Fsp3) is 0.111. The Hall–Kier alpha value is -3.66. The number of aryl methyl sites for hydroxylation is 1. The Balaban J connectivity index is 1.42. The van der Waals surface area contributed by atoms with E-state index in [-0.39, 0.29) is 24.0 Å². The van der Waals surface area contributed by atoms with E-state index in [4.69, 9.17) is 0 Å². The van der Waals surface area contributed by atoms with E-state index in [2.05, 4.69) is 30.8 Å². The van der Waals surface area contributed by atoms with Crippen molar-refractivity contribution in [1.82, 2.24) is 35.5 Å². The van der Waals surface area contributed by atoms with Crippen molar-refractivity contribution < 1.29 is 9.90 Å². The lowest BCUT2D eigenvalue weighted by molar-refractivity contribution is 0.0945. The molecule has 0 bridgehead atoms. The number of carbonyl (C=O) groups excluding carboxylic acids is 1. The van der Waals surface area contributed by atoms with Crippen LogP contribution >= 0.6 is 11.3 Å². The van der Waals surface area contributed by atoms with Gasteiger partial charge in [-0.25, -0.2) is 9.67 Å². The third-order valence-electron chi connectivity index (χ3n) is 3.90. The zero-order chi connectivity index (χ0) is 19.5. The number of nitrogens with zero attached hydrogens (tertiary/aromatic N) is 6. The highest BCUT2D eigenvalue weighted by atomic mass is 32.1. The van der Waals surface area contributed by atoms with Gasteiger partial charge in [-0.1, -0.05) is 46.9 Å². The van der Waals surface area contributed by atoms with Gasteiger partial charge in [0.25, 0.3) is 5.91 Å². The van der Waals surface area contributed by atoms with Crippen LogP contribution in [0.2, 0.25) is 0 Å². The van der Waals surface area contributed by atoms with Crippen LogP contribution in [0, 0.1) is 6.92 Å². The summed E-state index contributed by atoms with van der Waals surface area (Å²) in [5.41, 5.74) is 2.35. The van der Waals surface area contributed by atoms with Crippen molar-refractivity contribution in [3.8, 4) is 22.1 Å². The first-order valence-corrected chi connectivity index (χ1v) is 9.17. The molecular weight excluding hydrogens is 378 g/mol. The molecule has 140 valence electrons. The van der Waals surface area contributed by atoms with Gasteiger partial charge in [-0.15, -0.1) is 15.3 Å². The zero-order valence-corrected chi connectivity index (χ0v) is 15.6. The molecule has 0 spiro atoms. The van der Waals surface area contributed by atoms with Gasteiger partial charge in [0.05, 0.1) is 24.1 Å². The predicted octanol–water partition coefficient (Wildman–Crippen LogP) is 2.12. The maximum atomic E-state index is 12.4. The molecule has 10 heteroatoms. The van der Waals surface area contributed by atoms with E-state index in [1.165, 1.54) is 28.3 Å². The Morgan fingerprint density at radius 2 is 1.96 bits per heavy atom. The number of aromatic hydroxyl groups is 1. The molecule has 0 unspecified atom stereocenters. The van der Waals surface area contributed by atoms with Crippen LogP contribution in [-0.4, -0.2) is 41.2 Å². The highest BCUT2D eigenvalue weighted by Gasteiger charge is 2.14. The summed E-state index contributed by atoms with van der Waals surface area (Å²) < 4.78 is 1.44. The first-order valence-electron chi connectivity index (χ1n) is 8.35. The molecular formula is C18H15N7O2S. The van der Waals surface area contributed by atoms with Crippen LogP contribution in [0.1, 0.15) is 21.2 Å². The summed E-state index contributed by atoms with van der Waals surface area (Å²) in [7, 11) is 0. The van der Waals surface area contributed by atoms with Crippen molar-refractivity contribution in [2.75, 3.05) is 0 Å². The SMILES string of the molecule is Cc1nc(O)ccc1-n1cc(C(=O)NCc2nnc(-c3ccccc3)s2)nn1. The van der Waals surface area contributed by atoms with E-state index >= 15 is 0 Å². The highest BCUT2D eigenvalue weighted by Crippen LogP contribution is 2.22. The van der Waals surface area contributed by atoms with Crippen molar-refractivity contribution in [3.05, 3.63) is 65.1 Å². The van der Waals surface area contributed by atoms with Crippen molar-refractivity contribution >= 4 is 17.2 Å². The fourth-order valence-corrected chi connectivity index (χ4v) is 3.32. The van der Waals surface area contributed by atoms with Gasteiger partial charge in [-0.2, -0.15) is 0 Å². The third-order valence-corrected chi connectivity index (χ3v) is 4.88. The van der Waals surface area contributed by atoms with Crippen LogP contribution in [0.25, 0.3) is 16.3 Å². The average Bonchev–Trinajstić information content (AvgIpc) is 3.37. The van der Waals surface area contributed by atoms with Crippen LogP contribution in [0.4, 0.5) is 0 Å². The maximum Gasteiger partial charge on any atom is 0.273 e. The van der Waals surface area contributed by atoms with Gasteiger partial charge in [0.15, 0.2) is 5.69 Å². The second-order valence-corrected chi connectivity index (χ2v) is 6.93. The molecule has 4 rings (SSSR count). The van der Waals surface area contributed by atoms with Gasteiger partial charge >= 0.3 is 0 Å². The first-order chi connectivity index (χ1) is 13.6. The molecule has 0 fully saturated rings.